The molecule has 0 aromatic heterocycles. The minimum Gasteiger partial charge on any atom is -0.327 e. The SMILES string of the molecule is NC1CCc2ccc(Cl)cc2C1C1CCCCC1. The molecule has 1 saturated carbocycles. The van der Waals surface area contributed by atoms with Gasteiger partial charge in [-0.05, 0) is 54.9 Å². The van der Waals surface area contributed by atoms with E-state index >= 15 is 0 Å². The number of benzene rings is 1. The zero-order chi connectivity index (χ0) is 12.5. The van der Waals surface area contributed by atoms with Crippen LogP contribution < -0.4 is 5.73 Å². The lowest BCUT2D eigenvalue weighted by Crippen LogP contribution is -2.38. The van der Waals surface area contributed by atoms with E-state index in [9.17, 15) is 0 Å². The van der Waals surface area contributed by atoms with Crippen molar-refractivity contribution in [2.45, 2.75) is 56.9 Å². The Kier molecular flexibility index (Phi) is 3.63. The van der Waals surface area contributed by atoms with Gasteiger partial charge >= 0.3 is 0 Å². The van der Waals surface area contributed by atoms with Gasteiger partial charge < -0.3 is 5.73 Å². The Morgan fingerprint density at radius 1 is 1.06 bits per heavy atom. The standard InChI is InChI=1S/C16H22ClN/c17-13-8-6-11-7-9-15(18)16(14(11)10-13)12-4-2-1-3-5-12/h6,8,10,12,15-16H,1-5,7,9,18H2. The Balaban J connectivity index is 1.95. The molecule has 2 atom stereocenters. The molecule has 1 fully saturated rings. The predicted molar refractivity (Wildman–Crippen MR) is 77.1 cm³/mol. The van der Waals surface area contributed by atoms with Crippen molar-refractivity contribution >= 4 is 11.6 Å². The molecule has 0 aliphatic heterocycles. The minimum atomic E-state index is 0.332. The van der Waals surface area contributed by atoms with Gasteiger partial charge in [-0.1, -0.05) is 36.9 Å². The van der Waals surface area contributed by atoms with E-state index in [1.165, 1.54) is 43.2 Å². The lowest BCUT2D eigenvalue weighted by atomic mass is 9.68. The Morgan fingerprint density at radius 2 is 1.83 bits per heavy atom. The molecule has 18 heavy (non-hydrogen) atoms. The summed E-state index contributed by atoms with van der Waals surface area (Å²) in [5.74, 6) is 1.33. The lowest BCUT2D eigenvalue weighted by molar-refractivity contribution is 0.262. The van der Waals surface area contributed by atoms with Gasteiger partial charge in [0, 0.05) is 17.0 Å². The van der Waals surface area contributed by atoms with Gasteiger partial charge in [0.05, 0.1) is 0 Å². The third-order valence-corrected chi connectivity index (χ3v) is 5.07. The van der Waals surface area contributed by atoms with Crippen LogP contribution in [0.5, 0.6) is 0 Å². The highest BCUT2D eigenvalue weighted by Gasteiger charge is 2.34. The molecule has 0 bridgehead atoms. The van der Waals surface area contributed by atoms with Crippen LogP contribution in [0.3, 0.4) is 0 Å². The molecule has 0 amide bonds. The number of hydrogen-bond acceptors (Lipinski definition) is 1. The average molecular weight is 264 g/mol. The summed E-state index contributed by atoms with van der Waals surface area (Å²) in [5.41, 5.74) is 9.37. The van der Waals surface area contributed by atoms with Gasteiger partial charge in [0.2, 0.25) is 0 Å². The Hall–Kier alpha value is -0.530. The van der Waals surface area contributed by atoms with E-state index in [-0.39, 0.29) is 0 Å². The van der Waals surface area contributed by atoms with E-state index in [1.807, 2.05) is 6.07 Å². The molecule has 2 heteroatoms. The molecule has 1 nitrogen and oxygen atoms in total. The second kappa shape index (κ2) is 5.22. The normalized spacial score (nSPS) is 29.0. The fourth-order valence-corrected chi connectivity index (χ4v) is 4.11. The first kappa shape index (κ1) is 12.5. The second-order valence-corrected chi connectivity index (χ2v) is 6.41. The third kappa shape index (κ3) is 2.31. The van der Waals surface area contributed by atoms with Crippen LogP contribution in [0.4, 0.5) is 0 Å². The summed E-state index contributed by atoms with van der Waals surface area (Å²) in [6.45, 7) is 0. The number of nitrogens with two attached hydrogens (primary N) is 1. The summed E-state index contributed by atoms with van der Waals surface area (Å²) < 4.78 is 0. The van der Waals surface area contributed by atoms with Gasteiger partial charge in [0.15, 0.2) is 0 Å². The molecule has 3 rings (SSSR count). The molecule has 2 aliphatic carbocycles. The number of hydrogen-bond donors (Lipinski definition) is 1. The first-order chi connectivity index (χ1) is 8.75. The van der Waals surface area contributed by atoms with Crippen molar-refractivity contribution in [1.29, 1.82) is 0 Å². The number of halogens is 1. The minimum absolute atomic E-state index is 0.332. The predicted octanol–water partition coefficient (Wildman–Crippen LogP) is 4.28. The van der Waals surface area contributed by atoms with Gasteiger partial charge in [-0.3, -0.25) is 0 Å². The van der Waals surface area contributed by atoms with Crippen LogP contribution in [-0.4, -0.2) is 6.04 Å². The van der Waals surface area contributed by atoms with Crippen LogP contribution in [0.25, 0.3) is 0 Å². The van der Waals surface area contributed by atoms with Crippen LogP contribution in [0.1, 0.15) is 55.6 Å². The van der Waals surface area contributed by atoms with Crippen molar-refractivity contribution in [3.63, 3.8) is 0 Å². The van der Waals surface area contributed by atoms with Crippen LogP contribution in [0.15, 0.2) is 18.2 Å². The maximum Gasteiger partial charge on any atom is 0.0409 e. The van der Waals surface area contributed by atoms with Crippen LogP contribution >= 0.6 is 11.6 Å². The molecule has 2 unspecified atom stereocenters. The summed E-state index contributed by atoms with van der Waals surface area (Å²) in [5, 5.41) is 0.864. The van der Waals surface area contributed by atoms with E-state index < -0.39 is 0 Å². The summed E-state index contributed by atoms with van der Waals surface area (Å²) in [4.78, 5) is 0. The van der Waals surface area contributed by atoms with E-state index in [0.29, 0.717) is 12.0 Å². The van der Waals surface area contributed by atoms with Crippen molar-refractivity contribution in [2.75, 3.05) is 0 Å². The van der Waals surface area contributed by atoms with Gasteiger partial charge in [0.25, 0.3) is 0 Å². The summed E-state index contributed by atoms with van der Waals surface area (Å²) in [7, 11) is 0. The maximum atomic E-state index is 6.43. The molecule has 1 aromatic rings. The highest BCUT2D eigenvalue weighted by molar-refractivity contribution is 6.30. The maximum absolute atomic E-state index is 6.43. The van der Waals surface area contributed by atoms with E-state index in [4.69, 9.17) is 17.3 Å². The van der Waals surface area contributed by atoms with Gasteiger partial charge in [-0.15, -0.1) is 0 Å². The van der Waals surface area contributed by atoms with Gasteiger partial charge in [0.1, 0.15) is 0 Å². The van der Waals surface area contributed by atoms with Gasteiger partial charge in [-0.2, -0.15) is 0 Å². The van der Waals surface area contributed by atoms with E-state index in [2.05, 4.69) is 12.1 Å². The molecular weight excluding hydrogens is 242 g/mol. The lowest BCUT2D eigenvalue weighted by Gasteiger charge is -2.38. The highest BCUT2D eigenvalue weighted by atomic mass is 35.5. The zero-order valence-electron chi connectivity index (χ0n) is 10.9. The molecule has 2 aliphatic rings. The van der Waals surface area contributed by atoms with Crippen LogP contribution in [-0.2, 0) is 6.42 Å². The van der Waals surface area contributed by atoms with Crippen molar-refractivity contribution in [2.24, 2.45) is 11.7 Å². The molecule has 0 heterocycles. The van der Waals surface area contributed by atoms with Crippen molar-refractivity contribution in [3.8, 4) is 0 Å². The molecule has 0 saturated heterocycles. The first-order valence-electron chi connectivity index (χ1n) is 7.29. The monoisotopic (exact) mass is 263 g/mol. The Morgan fingerprint density at radius 3 is 2.61 bits per heavy atom. The van der Waals surface area contributed by atoms with Crippen LogP contribution in [0, 0.1) is 5.92 Å². The molecule has 98 valence electrons. The highest BCUT2D eigenvalue weighted by Crippen LogP contribution is 2.43. The van der Waals surface area contributed by atoms with E-state index in [0.717, 1.165) is 23.8 Å². The van der Waals surface area contributed by atoms with E-state index in [1.54, 1.807) is 0 Å². The average Bonchev–Trinajstić information content (AvgIpc) is 2.39. The summed E-state index contributed by atoms with van der Waals surface area (Å²) in [6, 6.07) is 6.74. The van der Waals surface area contributed by atoms with Gasteiger partial charge in [-0.25, -0.2) is 0 Å². The molecule has 2 N–H and O–H groups in total. The topological polar surface area (TPSA) is 26.0 Å². The molecule has 0 radical (unpaired) electrons. The Bertz CT molecular complexity index is 423. The van der Waals surface area contributed by atoms with Crippen molar-refractivity contribution in [3.05, 3.63) is 34.3 Å². The molecule has 1 aromatic carbocycles. The quantitative estimate of drug-likeness (QED) is 0.804. The summed E-state index contributed by atoms with van der Waals surface area (Å²) >= 11 is 6.19. The zero-order valence-corrected chi connectivity index (χ0v) is 11.6. The molecular formula is C16H22ClN. The Labute approximate surface area is 115 Å². The fraction of sp³-hybridized carbons (Fsp3) is 0.625. The first-order valence-corrected chi connectivity index (χ1v) is 7.67. The molecule has 0 spiro atoms. The second-order valence-electron chi connectivity index (χ2n) is 5.97. The number of aryl methyl sites for hydroxylation is 1. The van der Waals surface area contributed by atoms with Crippen molar-refractivity contribution in [1.82, 2.24) is 0 Å². The fourth-order valence-electron chi connectivity index (χ4n) is 3.93. The number of fused-ring (bicyclic) bond motifs is 1. The van der Waals surface area contributed by atoms with Crippen LogP contribution in [0.2, 0.25) is 5.02 Å². The number of rotatable bonds is 1. The smallest absolute Gasteiger partial charge is 0.0409 e. The third-order valence-electron chi connectivity index (χ3n) is 4.83. The van der Waals surface area contributed by atoms with Crippen molar-refractivity contribution < 1.29 is 0 Å². The largest absolute Gasteiger partial charge is 0.327 e. The summed E-state index contributed by atoms with van der Waals surface area (Å²) in [6.07, 6.45) is 9.12.